The average Bonchev–Trinajstić information content (AvgIpc) is 2.52. The molecule has 1 saturated carbocycles. The summed E-state index contributed by atoms with van der Waals surface area (Å²) in [5.41, 5.74) is 1.11. The van der Waals surface area contributed by atoms with E-state index >= 15 is 0 Å². The Hall–Kier alpha value is -0.590. The lowest BCUT2D eigenvalue weighted by molar-refractivity contribution is -0.114. The van der Waals surface area contributed by atoms with Crippen molar-refractivity contribution in [3.63, 3.8) is 0 Å². The maximum Gasteiger partial charge on any atom is 0.158 e. The summed E-state index contributed by atoms with van der Waals surface area (Å²) in [6, 6.07) is 0. The van der Waals surface area contributed by atoms with Gasteiger partial charge in [-0.3, -0.25) is 4.79 Å². The second-order valence-corrected chi connectivity index (χ2v) is 3.86. The van der Waals surface area contributed by atoms with E-state index in [0.717, 1.165) is 31.3 Å². The van der Waals surface area contributed by atoms with Crippen molar-refractivity contribution in [2.75, 3.05) is 0 Å². The van der Waals surface area contributed by atoms with Crippen LogP contribution in [0.1, 0.15) is 58.3 Å². The molecule has 1 aliphatic rings. The predicted molar refractivity (Wildman–Crippen MR) is 55.7 cm³/mol. The Labute approximate surface area is 81.2 Å². The largest absolute Gasteiger partial charge is 0.295 e. The van der Waals surface area contributed by atoms with Gasteiger partial charge in [-0.05, 0) is 31.3 Å². The molecule has 1 aliphatic carbocycles. The van der Waals surface area contributed by atoms with Gasteiger partial charge >= 0.3 is 0 Å². The van der Waals surface area contributed by atoms with Gasteiger partial charge in [-0.25, -0.2) is 0 Å². The van der Waals surface area contributed by atoms with E-state index in [2.05, 4.69) is 13.0 Å². The quantitative estimate of drug-likeness (QED) is 0.466. The molecule has 1 heteroatoms. The highest BCUT2D eigenvalue weighted by atomic mass is 16.1. The molecule has 0 bridgehead atoms. The summed E-state index contributed by atoms with van der Waals surface area (Å²) in [7, 11) is 0. The van der Waals surface area contributed by atoms with Gasteiger partial charge < -0.3 is 0 Å². The predicted octanol–water partition coefficient (Wildman–Crippen LogP) is 3.64. The monoisotopic (exact) mass is 180 g/mol. The first-order chi connectivity index (χ1) is 6.34. The average molecular weight is 180 g/mol. The molecule has 0 N–H and O–H groups in total. The van der Waals surface area contributed by atoms with E-state index in [4.69, 9.17) is 0 Å². The molecule has 0 aliphatic heterocycles. The lowest BCUT2D eigenvalue weighted by atomic mass is 10.1. The summed E-state index contributed by atoms with van der Waals surface area (Å²) in [5, 5.41) is 0. The maximum atomic E-state index is 11.2. The van der Waals surface area contributed by atoms with E-state index in [9.17, 15) is 4.79 Å². The summed E-state index contributed by atoms with van der Waals surface area (Å²) in [4.78, 5) is 11.2. The van der Waals surface area contributed by atoms with E-state index < -0.39 is 0 Å². The fraction of sp³-hybridized carbons (Fsp3) is 0.750. The molecule has 0 saturated heterocycles. The molecule has 0 aromatic heterocycles. The van der Waals surface area contributed by atoms with Crippen LogP contribution < -0.4 is 0 Å². The Morgan fingerprint density at radius 2 is 2.08 bits per heavy atom. The molecule has 0 atom stereocenters. The van der Waals surface area contributed by atoms with Crippen LogP contribution in [-0.2, 0) is 4.79 Å². The van der Waals surface area contributed by atoms with Crippen molar-refractivity contribution >= 4 is 5.78 Å². The first kappa shape index (κ1) is 10.5. The smallest absolute Gasteiger partial charge is 0.158 e. The highest BCUT2D eigenvalue weighted by Gasteiger charge is 2.15. The van der Waals surface area contributed by atoms with Crippen LogP contribution >= 0.6 is 0 Å². The number of Topliss-reactive ketones (excluding diaryl/α,β-unsaturated/α-hetero) is 1. The van der Waals surface area contributed by atoms with Crippen LogP contribution in [0.3, 0.4) is 0 Å². The van der Waals surface area contributed by atoms with E-state index in [1.807, 2.05) is 0 Å². The zero-order valence-electron chi connectivity index (χ0n) is 8.64. The highest BCUT2D eigenvalue weighted by Crippen LogP contribution is 2.21. The van der Waals surface area contributed by atoms with E-state index in [0.29, 0.717) is 5.78 Å². The minimum atomic E-state index is 0.399. The number of rotatable bonds is 5. The molecular formula is C12H20O. The van der Waals surface area contributed by atoms with Gasteiger partial charge in [-0.1, -0.05) is 32.3 Å². The van der Waals surface area contributed by atoms with Gasteiger partial charge in [0.25, 0.3) is 0 Å². The van der Waals surface area contributed by atoms with Crippen LogP contribution in [0.5, 0.6) is 0 Å². The van der Waals surface area contributed by atoms with Gasteiger partial charge in [0.05, 0.1) is 0 Å². The standard InChI is InChI=1S/C12H20O/c1-2-3-4-5-6-8-11-9-7-10-12(11)13/h8H,2-7,9-10H2,1H3/b11-8-. The normalized spacial score (nSPS) is 20.1. The number of unbranched alkanes of at least 4 members (excludes halogenated alkanes) is 4. The van der Waals surface area contributed by atoms with Crippen LogP contribution in [0.4, 0.5) is 0 Å². The molecule has 0 unspecified atom stereocenters. The Kier molecular flexibility index (Phi) is 4.81. The third-order valence-corrected chi connectivity index (χ3v) is 2.66. The molecule has 0 spiro atoms. The van der Waals surface area contributed by atoms with Gasteiger partial charge in [0.15, 0.2) is 5.78 Å². The van der Waals surface area contributed by atoms with Gasteiger partial charge in [0.1, 0.15) is 0 Å². The molecule has 1 nitrogen and oxygen atoms in total. The van der Waals surface area contributed by atoms with Crippen molar-refractivity contribution in [2.45, 2.75) is 58.3 Å². The van der Waals surface area contributed by atoms with Crippen molar-refractivity contribution in [1.29, 1.82) is 0 Å². The van der Waals surface area contributed by atoms with E-state index in [1.165, 1.54) is 25.7 Å². The number of hydrogen-bond donors (Lipinski definition) is 0. The van der Waals surface area contributed by atoms with E-state index in [-0.39, 0.29) is 0 Å². The number of ketones is 1. The zero-order valence-corrected chi connectivity index (χ0v) is 8.64. The van der Waals surface area contributed by atoms with Crippen LogP contribution in [-0.4, -0.2) is 5.78 Å². The van der Waals surface area contributed by atoms with Crippen molar-refractivity contribution in [3.05, 3.63) is 11.6 Å². The lowest BCUT2D eigenvalue weighted by Crippen LogP contribution is -1.90. The number of carbonyl (C=O) groups is 1. The number of hydrogen-bond acceptors (Lipinski definition) is 1. The number of carbonyl (C=O) groups excluding carboxylic acids is 1. The van der Waals surface area contributed by atoms with Crippen LogP contribution in [0.15, 0.2) is 11.6 Å². The summed E-state index contributed by atoms with van der Waals surface area (Å²) in [5.74, 6) is 0.399. The van der Waals surface area contributed by atoms with Crippen molar-refractivity contribution in [3.8, 4) is 0 Å². The molecule has 1 fully saturated rings. The van der Waals surface area contributed by atoms with Gasteiger partial charge in [0, 0.05) is 6.42 Å². The van der Waals surface area contributed by atoms with E-state index in [1.54, 1.807) is 0 Å². The molecular weight excluding hydrogens is 160 g/mol. The summed E-state index contributed by atoms with van der Waals surface area (Å²) in [6.45, 7) is 2.22. The van der Waals surface area contributed by atoms with Crippen molar-refractivity contribution < 1.29 is 4.79 Å². The van der Waals surface area contributed by atoms with Crippen molar-refractivity contribution in [2.24, 2.45) is 0 Å². The Morgan fingerprint density at radius 1 is 1.23 bits per heavy atom. The Morgan fingerprint density at radius 3 is 2.69 bits per heavy atom. The third-order valence-electron chi connectivity index (χ3n) is 2.66. The number of allylic oxidation sites excluding steroid dienone is 2. The molecule has 0 heterocycles. The van der Waals surface area contributed by atoms with Crippen LogP contribution in [0.2, 0.25) is 0 Å². The van der Waals surface area contributed by atoms with Gasteiger partial charge in [-0.2, -0.15) is 0 Å². The highest BCUT2D eigenvalue weighted by molar-refractivity contribution is 5.97. The topological polar surface area (TPSA) is 17.1 Å². The zero-order chi connectivity index (χ0) is 9.52. The first-order valence-corrected chi connectivity index (χ1v) is 5.57. The van der Waals surface area contributed by atoms with Gasteiger partial charge in [-0.15, -0.1) is 0 Å². The molecule has 0 radical (unpaired) electrons. The van der Waals surface area contributed by atoms with Crippen LogP contribution in [0.25, 0.3) is 0 Å². The summed E-state index contributed by atoms with van der Waals surface area (Å²) < 4.78 is 0. The lowest BCUT2D eigenvalue weighted by Gasteiger charge is -1.96. The molecule has 74 valence electrons. The molecule has 0 aromatic rings. The molecule has 1 rings (SSSR count). The molecule has 0 aromatic carbocycles. The Balaban J connectivity index is 2.12. The van der Waals surface area contributed by atoms with Crippen molar-refractivity contribution in [1.82, 2.24) is 0 Å². The van der Waals surface area contributed by atoms with Gasteiger partial charge in [0.2, 0.25) is 0 Å². The summed E-state index contributed by atoms with van der Waals surface area (Å²) >= 11 is 0. The third kappa shape index (κ3) is 3.75. The molecule has 13 heavy (non-hydrogen) atoms. The summed E-state index contributed by atoms with van der Waals surface area (Å²) in [6.07, 6.45) is 11.4. The Bertz CT molecular complexity index is 191. The SMILES string of the molecule is CCCCCC/C=C1/CCCC1=O. The fourth-order valence-electron chi connectivity index (χ4n) is 1.80. The van der Waals surface area contributed by atoms with Crippen LogP contribution in [0, 0.1) is 0 Å². The first-order valence-electron chi connectivity index (χ1n) is 5.57. The minimum absolute atomic E-state index is 0.399. The second kappa shape index (κ2) is 5.95. The second-order valence-electron chi connectivity index (χ2n) is 3.86. The maximum absolute atomic E-state index is 11.2. The fourth-order valence-corrected chi connectivity index (χ4v) is 1.80. The molecule has 0 amide bonds. The minimum Gasteiger partial charge on any atom is -0.295 e.